The van der Waals surface area contributed by atoms with Gasteiger partial charge in [0.2, 0.25) is 0 Å². The fourth-order valence-electron chi connectivity index (χ4n) is 4.95. The van der Waals surface area contributed by atoms with Gasteiger partial charge in [-0.15, -0.1) is 0 Å². The highest BCUT2D eigenvalue weighted by Gasteiger charge is 2.52. The van der Waals surface area contributed by atoms with Crippen molar-refractivity contribution in [2.24, 2.45) is 0 Å². The van der Waals surface area contributed by atoms with E-state index in [1.165, 1.54) is 0 Å². The van der Waals surface area contributed by atoms with Crippen molar-refractivity contribution in [3.8, 4) is 0 Å². The van der Waals surface area contributed by atoms with Gasteiger partial charge >= 0.3 is 23.8 Å². The van der Waals surface area contributed by atoms with Gasteiger partial charge in [0, 0.05) is 27.4 Å². The first-order valence-corrected chi connectivity index (χ1v) is 12.6. The van der Waals surface area contributed by atoms with E-state index in [0.717, 1.165) is 18.2 Å². The van der Waals surface area contributed by atoms with Gasteiger partial charge in [0.1, 0.15) is 11.6 Å². The molecule has 19 heteroatoms. The maximum Gasteiger partial charge on any atom is 0.416 e. The molecule has 0 aliphatic carbocycles. The Balaban J connectivity index is 1.85. The molecular formula is C26H17ClF6N4O8. The number of aliphatic hydroxyl groups is 5. The number of benzene rings is 3. The monoisotopic (exact) mass is 662 g/mol. The molecule has 0 radical (unpaired) electrons. The van der Waals surface area contributed by atoms with Crippen LogP contribution < -0.4 is 16.3 Å². The van der Waals surface area contributed by atoms with Crippen molar-refractivity contribution < 1.29 is 61.5 Å². The third-order valence-electron chi connectivity index (χ3n) is 6.93. The lowest BCUT2D eigenvalue weighted by molar-refractivity contribution is -0.480. The van der Waals surface area contributed by atoms with Crippen LogP contribution in [0.4, 0.5) is 32.0 Å². The summed E-state index contributed by atoms with van der Waals surface area (Å²) in [6, 6.07) is 2.83. The van der Waals surface area contributed by atoms with E-state index >= 15 is 0 Å². The number of anilines is 1. The van der Waals surface area contributed by atoms with Gasteiger partial charge in [-0.1, -0.05) is 11.6 Å². The molecule has 1 aromatic heterocycles. The molecule has 0 fully saturated rings. The van der Waals surface area contributed by atoms with E-state index in [9.17, 15) is 66.3 Å². The minimum absolute atomic E-state index is 0.101. The molecule has 0 saturated heterocycles. The molecular weight excluding hydrogens is 646 g/mol. The molecule has 1 atom stereocenters. The zero-order chi connectivity index (χ0) is 33.4. The molecule has 4 aromatic rings. The summed E-state index contributed by atoms with van der Waals surface area (Å²) < 4.78 is 82.3. The first kappa shape index (κ1) is 31.9. The molecule has 2 heterocycles. The summed E-state index contributed by atoms with van der Waals surface area (Å²) in [5.74, 6) is -13.8. The Bertz CT molecular complexity index is 1970. The fraction of sp³-hybridized carbons (Fsp3) is 0.192. The summed E-state index contributed by atoms with van der Waals surface area (Å²) in [6.45, 7) is -1.80. The molecule has 3 aromatic carbocycles. The van der Waals surface area contributed by atoms with Crippen molar-refractivity contribution in [3.05, 3.63) is 97.4 Å². The van der Waals surface area contributed by atoms with E-state index in [2.05, 4.69) is 10.6 Å². The average Bonchev–Trinajstić information content (AvgIpc) is 3.41. The van der Waals surface area contributed by atoms with Gasteiger partial charge in [-0.05, 0) is 42.5 Å². The van der Waals surface area contributed by atoms with Crippen LogP contribution in [0.1, 0.15) is 43.4 Å². The first-order valence-electron chi connectivity index (χ1n) is 12.2. The summed E-state index contributed by atoms with van der Waals surface area (Å²) in [4.78, 5) is 39.6. The second-order valence-electron chi connectivity index (χ2n) is 9.77. The lowest BCUT2D eigenvalue weighted by Crippen LogP contribution is -2.58. The SMILES string of the molecule is O=C(Nc1cc2c(c3c1C(c1cc(F)ccc1Cl)NC3=O)n(CF)c(=O)n2C(O)(O)C(O)(O)O)c1cc(F)cc(C(F)(F)F)c1. The molecule has 1 unspecified atom stereocenters. The number of amides is 2. The molecule has 1 aliphatic rings. The number of hydrogen-bond acceptors (Lipinski definition) is 8. The normalized spacial score (nSPS) is 15.4. The number of imidazole rings is 1. The van der Waals surface area contributed by atoms with Crippen LogP contribution >= 0.6 is 11.6 Å². The Morgan fingerprint density at radius 2 is 1.64 bits per heavy atom. The van der Waals surface area contributed by atoms with E-state index in [-0.39, 0.29) is 31.9 Å². The van der Waals surface area contributed by atoms with Gasteiger partial charge in [0.25, 0.3) is 11.8 Å². The quantitative estimate of drug-likeness (QED) is 0.121. The summed E-state index contributed by atoms with van der Waals surface area (Å²) in [5, 5.41) is 53.7. The van der Waals surface area contributed by atoms with Crippen LogP contribution in [0.3, 0.4) is 0 Å². The highest BCUT2D eigenvalue weighted by Crippen LogP contribution is 2.43. The van der Waals surface area contributed by atoms with Crippen molar-refractivity contribution in [1.82, 2.24) is 14.5 Å². The summed E-state index contributed by atoms with van der Waals surface area (Å²) in [6.07, 6.45) is -5.09. The Labute approximate surface area is 249 Å². The van der Waals surface area contributed by atoms with Gasteiger partial charge in [-0.25, -0.2) is 22.5 Å². The number of rotatable bonds is 6. The summed E-state index contributed by atoms with van der Waals surface area (Å²) >= 11 is 6.22. The number of fused-ring (bicyclic) bond motifs is 3. The molecule has 0 bridgehead atoms. The summed E-state index contributed by atoms with van der Waals surface area (Å²) in [5.41, 5.74) is -7.90. The Kier molecular flexibility index (Phi) is 7.50. The number of hydrogen-bond donors (Lipinski definition) is 7. The zero-order valence-corrected chi connectivity index (χ0v) is 22.6. The van der Waals surface area contributed by atoms with E-state index in [1.54, 1.807) is 0 Å². The molecule has 5 rings (SSSR count). The number of carbonyl (C=O) groups is 2. The van der Waals surface area contributed by atoms with E-state index in [0.29, 0.717) is 12.1 Å². The molecule has 7 N–H and O–H groups in total. The van der Waals surface area contributed by atoms with E-state index < -0.39 is 99.0 Å². The first-order chi connectivity index (χ1) is 20.8. The van der Waals surface area contributed by atoms with E-state index in [4.69, 9.17) is 11.6 Å². The van der Waals surface area contributed by atoms with Gasteiger partial charge in [0.05, 0.1) is 28.2 Å². The van der Waals surface area contributed by atoms with Crippen LogP contribution in [0, 0.1) is 11.6 Å². The van der Waals surface area contributed by atoms with Crippen molar-refractivity contribution in [2.75, 3.05) is 5.32 Å². The van der Waals surface area contributed by atoms with Crippen LogP contribution in [0.2, 0.25) is 5.02 Å². The third-order valence-corrected chi connectivity index (χ3v) is 7.27. The van der Waals surface area contributed by atoms with Crippen molar-refractivity contribution in [1.29, 1.82) is 0 Å². The molecule has 12 nitrogen and oxygen atoms in total. The average molecular weight is 663 g/mol. The van der Waals surface area contributed by atoms with Crippen LogP contribution in [-0.2, 0) is 18.9 Å². The number of alkyl halides is 4. The van der Waals surface area contributed by atoms with Gasteiger partial charge in [-0.3, -0.25) is 14.2 Å². The Morgan fingerprint density at radius 1 is 0.978 bits per heavy atom. The second-order valence-corrected chi connectivity index (χ2v) is 10.2. The maximum absolute atomic E-state index is 14.3. The smallest absolute Gasteiger partial charge is 0.342 e. The number of aromatic nitrogens is 2. The van der Waals surface area contributed by atoms with Crippen molar-refractivity contribution in [3.63, 3.8) is 0 Å². The van der Waals surface area contributed by atoms with Crippen LogP contribution in [0.15, 0.2) is 47.3 Å². The van der Waals surface area contributed by atoms with Crippen LogP contribution in [0.5, 0.6) is 0 Å². The third kappa shape index (κ3) is 5.20. The van der Waals surface area contributed by atoms with Crippen molar-refractivity contribution in [2.45, 2.75) is 30.9 Å². The van der Waals surface area contributed by atoms with Gasteiger partial charge < -0.3 is 36.2 Å². The lowest BCUT2D eigenvalue weighted by Gasteiger charge is -2.30. The minimum atomic E-state index is -5.09. The Hall–Kier alpha value is -4.46. The van der Waals surface area contributed by atoms with E-state index in [1.807, 2.05) is 0 Å². The van der Waals surface area contributed by atoms with Gasteiger partial charge in [-0.2, -0.15) is 13.2 Å². The predicted molar refractivity (Wildman–Crippen MR) is 139 cm³/mol. The minimum Gasteiger partial charge on any atom is -0.342 e. The fourth-order valence-corrected chi connectivity index (χ4v) is 5.18. The number of carbonyl (C=O) groups excluding carboxylic acids is 2. The van der Waals surface area contributed by atoms with Crippen LogP contribution in [0.25, 0.3) is 11.0 Å². The van der Waals surface area contributed by atoms with Crippen LogP contribution in [-0.4, -0.2) is 52.5 Å². The molecule has 238 valence electrons. The maximum atomic E-state index is 14.3. The molecule has 45 heavy (non-hydrogen) atoms. The largest absolute Gasteiger partial charge is 0.416 e. The zero-order valence-electron chi connectivity index (χ0n) is 21.8. The van der Waals surface area contributed by atoms with Crippen molar-refractivity contribution >= 4 is 40.1 Å². The highest BCUT2D eigenvalue weighted by atomic mass is 35.5. The lowest BCUT2D eigenvalue weighted by atomic mass is 9.95. The topological polar surface area (TPSA) is 186 Å². The van der Waals surface area contributed by atoms with Gasteiger partial charge in [0.15, 0.2) is 6.80 Å². The molecule has 1 aliphatic heterocycles. The Morgan fingerprint density at radius 3 is 2.24 bits per heavy atom. The predicted octanol–water partition coefficient (Wildman–Crippen LogP) is 1.99. The standard InChI is InChI=1S/C26H17ClF6N4O8/c27-14-2-1-11(29)6-13(14)19-17-15(34-21(38)9-3-10(24(31,32)33)5-12(30)4-9)7-16-20(18(17)22(39)35-19)36(8-28)23(40)37(16)25(41,42)26(43,44)45/h1-7,19,41-45H,8H2,(H,34,38)(H,35,39). The molecule has 2 amide bonds. The number of halogens is 7. The number of nitrogens with zero attached hydrogens (tertiary/aromatic N) is 2. The molecule has 0 saturated carbocycles. The number of nitrogens with one attached hydrogen (secondary N) is 2. The highest BCUT2D eigenvalue weighted by molar-refractivity contribution is 6.31. The molecule has 0 spiro atoms. The summed E-state index contributed by atoms with van der Waals surface area (Å²) in [7, 11) is 0. The second kappa shape index (κ2) is 10.6.